The Bertz CT molecular complexity index is 544. The van der Waals surface area contributed by atoms with Crippen molar-refractivity contribution in [1.29, 1.82) is 0 Å². The van der Waals surface area contributed by atoms with Crippen LogP contribution in [0.5, 0.6) is 0 Å². The summed E-state index contributed by atoms with van der Waals surface area (Å²) in [7, 11) is 0. The van der Waals surface area contributed by atoms with Gasteiger partial charge in [0.25, 0.3) is 0 Å². The predicted octanol–water partition coefficient (Wildman–Crippen LogP) is 2.79. The van der Waals surface area contributed by atoms with Crippen molar-refractivity contribution in [2.45, 2.75) is 19.3 Å². The predicted molar refractivity (Wildman–Crippen MR) is 63.0 cm³/mol. The van der Waals surface area contributed by atoms with E-state index in [1.807, 2.05) is 12.1 Å². The molecule has 1 fully saturated rings. The average Bonchev–Trinajstić information content (AvgIpc) is 2.96. The van der Waals surface area contributed by atoms with E-state index in [4.69, 9.17) is 0 Å². The van der Waals surface area contributed by atoms with Gasteiger partial charge in [-0.15, -0.1) is 0 Å². The molecule has 0 spiro atoms. The Morgan fingerprint density at radius 1 is 0.824 bits per heavy atom. The molecule has 1 aromatic carbocycles. The molecule has 1 aromatic rings. The summed E-state index contributed by atoms with van der Waals surface area (Å²) in [6.07, 6.45) is 3.20. The number of carbonyl (C=O) groups is 2. The van der Waals surface area contributed by atoms with Gasteiger partial charge in [-0.05, 0) is 31.1 Å². The van der Waals surface area contributed by atoms with E-state index < -0.39 is 0 Å². The Kier molecular flexibility index (Phi) is 1.62. The Hall–Kier alpha value is -1.70. The van der Waals surface area contributed by atoms with Crippen molar-refractivity contribution in [3.05, 3.63) is 46.5 Å². The van der Waals surface area contributed by atoms with Crippen LogP contribution in [0.25, 0.3) is 0 Å². The summed E-state index contributed by atoms with van der Waals surface area (Å²) in [4.78, 5) is 24.8. The lowest BCUT2D eigenvalue weighted by atomic mass is 9.77. The van der Waals surface area contributed by atoms with Crippen LogP contribution >= 0.6 is 0 Å². The van der Waals surface area contributed by atoms with Crippen molar-refractivity contribution < 1.29 is 9.59 Å². The Balaban J connectivity index is 1.99. The maximum Gasteiger partial charge on any atom is 0.190 e. The second-order valence-electron chi connectivity index (χ2n) is 5.24. The summed E-state index contributed by atoms with van der Waals surface area (Å²) < 4.78 is 0. The third-order valence-electron chi connectivity index (χ3n) is 4.44. The second kappa shape index (κ2) is 2.95. The smallest absolute Gasteiger partial charge is 0.190 e. The van der Waals surface area contributed by atoms with Crippen molar-refractivity contribution in [2.24, 2.45) is 11.8 Å². The number of carbonyl (C=O) groups excluding carboxylic acids is 2. The van der Waals surface area contributed by atoms with E-state index in [0.29, 0.717) is 23.0 Å². The van der Waals surface area contributed by atoms with Crippen LogP contribution < -0.4 is 0 Å². The van der Waals surface area contributed by atoms with Gasteiger partial charge in [0.2, 0.25) is 0 Å². The highest BCUT2D eigenvalue weighted by molar-refractivity contribution is 6.27. The summed E-state index contributed by atoms with van der Waals surface area (Å²) in [6.45, 7) is 0. The zero-order valence-electron chi connectivity index (χ0n) is 9.40. The maximum absolute atomic E-state index is 12.4. The Labute approximate surface area is 99.3 Å². The summed E-state index contributed by atoms with van der Waals surface area (Å²) in [5, 5.41) is 0. The molecule has 0 amide bonds. The van der Waals surface area contributed by atoms with Gasteiger partial charge >= 0.3 is 0 Å². The molecule has 4 rings (SSSR count). The van der Waals surface area contributed by atoms with Gasteiger partial charge in [-0.3, -0.25) is 9.59 Å². The van der Waals surface area contributed by atoms with Gasteiger partial charge in [0.1, 0.15) is 0 Å². The normalized spacial score (nSPS) is 29.6. The second-order valence-corrected chi connectivity index (χ2v) is 5.24. The van der Waals surface area contributed by atoms with Crippen LogP contribution in [0.15, 0.2) is 35.4 Å². The minimum absolute atomic E-state index is 0.113. The SMILES string of the molecule is O=C1C2=C(C(=O)c3ccccc31)[C@H]1CC[C@H]2C1. The molecule has 0 unspecified atom stereocenters. The van der Waals surface area contributed by atoms with Gasteiger partial charge in [-0.1, -0.05) is 24.3 Å². The van der Waals surface area contributed by atoms with Gasteiger partial charge < -0.3 is 0 Å². The van der Waals surface area contributed by atoms with E-state index in [1.165, 1.54) is 0 Å². The monoisotopic (exact) mass is 224 g/mol. The van der Waals surface area contributed by atoms with Gasteiger partial charge in [0, 0.05) is 22.3 Å². The largest absolute Gasteiger partial charge is 0.289 e. The summed E-state index contributed by atoms with van der Waals surface area (Å²) >= 11 is 0. The van der Waals surface area contributed by atoms with Gasteiger partial charge in [0.15, 0.2) is 11.6 Å². The van der Waals surface area contributed by atoms with Crippen LogP contribution in [0.4, 0.5) is 0 Å². The molecule has 2 bridgehead atoms. The Morgan fingerprint density at radius 2 is 1.29 bits per heavy atom. The molecular weight excluding hydrogens is 212 g/mol. The van der Waals surface area contributed by atoms with E-state index in [2.05, 4.69) is 0 Å². The molecule has 0 N–H and O–H groups in total. The van der Waals surface area contributed by atoms with Gasteiger partial charge in [0.05, 0.1) is 0 Å². The summed E-state index contributed by atoms with van der Waals surface area (Å²) in [6, 6.07) is 7.24. The standard InChI is InChI=1S/C15H12O2/c16-14-10-3-1-2-4-11(10)15(17)13-9-6-5-8(7-9)12(13)14/h1-4,8-9H,5-7H2/t8-,9-/m0/s1. The van der Waals surface area contributed by atoms with Crippen LogP contribution in [0.3, 0.4) is 0 Å². The number of Topliss-reactive ketones (excluding diaryl/α,β-unsaturated/α-hetero) is 2. The number of allylic oxidation sites excluding steroid dienone is 2. The number of hydrogen-bond acceptors (Lipinski definition) is 2. The molecule has 0 aliphatic heterocycles. The highest BCUT2D eigenvalue weighted by Gasteiger charge is 2.47. The first-order valence-electron chi connectivity index (χ1n) is 6.20. The highest BCUT2D eigenvalue weighted by Crippen LogP contribution is 2.52. The van der Waals surface area contributed by atoms with Crippen molar-refractivity contribution in [3.63, 3.8) is 0 Å². The number of fused-ring (bicyclic) bond motifs is 5. The fourth-order valence-electron chi connectivity index (χ4n) is 3.73. The van der Waals surface area contributed by atoms with Crippen molar-refractivity contribution in [3.8, 4) is 0 Å². The molecule has 3 aliphatic rings. The average molecular weight is 224 g/mol. The number of hydrogen-bond donors (Lipinski definition) is 0. The van der Waals surface area contributed by atoms with E-state index in [0.717, 1.165) is 30.4 Å². The fraction of sp³-hybridized carbons (Fsp3) is 0.333. The summed E-state index contributed by atoms with van der Waals surface area (Å²) in [5.41, 5.74) is 2.93. The van der Waals surface area contributed by atoms with E-state index in [9.17, 15) is 9.59 Å². The lowest BCUT2D eigenvalue weighted by Gasteiger charge is -2.23. The number of rotatable bonds is 0. The molecule has 2 atom stereocenters. The van der Waals surface area contributed by atoms with Gasteiger partial charge in [-0.2, -0.15) is 0 Å². The minimum Gasteiger partial charge on any atom is -0.289 e. The van der Waals surface area contributed by atoms with Crippen molar-refractivity contribution in [2.75, 3.05) is 0 Å². The van der Waals surface area contributed by atoms with E-state index in [-0.39, 0.29) is 11.6 Å². The third kappa shape index (κ3) is 1.01. The first-order valence-corrected chi connectivity index (χ1v) is 6.20. The summed E-state index contributed by atoms with van der Waals surface area (Å²) in [5.74, 6) is 0.949. The van der Waals surface area contributed by atoms with Gasteiger partial charge in [-0.25, -0.2) is 0 Å². The molecule has 1 saturated carbocycles. The molecular formula is C15H12O2. The molecule has 2 nitrogen and oxygen atoms in total. The molecule has 3 aliphatic carbocycles. The first-order chi connectivity index (χ1) is 8.27. The fourth-order valence-corrected chi connectivity index (χ4v) is 3.73. The zero-order valence-corrected chi connectivity index (χ0v) is 9.40. The molecule has 84 valence electrons. The number of benzene rings is 1. The number of ketones is 2. The van der Waals surface area contributed by atoms with Crippen molar-refractivity contribution in [1.82, 2.24) is 0 Å². The maximum atomic E-state index is 12.4. The zero-order chi connectivity index (χ0) is 11.6. The molecule has 0 saturated heterocycles. The topological polar surface area (TPSA) is 34.1 Å². The van der Waals surface area contributed by atoms with E-state index >= 15 is 0 Å². The minimum atomic E-state index is 0.113. The van der Waals surface area contributed by atoms with Crippen LogP contribution in [0.1, 0.15) is 40.0 Å². The van der Waals surface area contributed by atoms with Crippen LogP contribution in [0, 0.1) is 11.8 Å². The van der Waals surface area contributed by atoms with E-state index in [1.54, 1.807) is 12.1 Å². The molecule has 0 radical (unpaired) electrons. The highest BCUT2D eigenvalue weighted by atomic mass is 16.1. The quantitative estimate of drug-likeness (QED) is 0.679. The van der Waals surface area contributed by atoms with Crippen LogP contribution in [-0.2, 0) is 0 Å². The first kappa shape index (κ1) is 9.34. The lowest BCUT2D eigenvalue weighted by molar-refractivity contribution is 0.0963. The van der Waals surface area contributed by atoms with Crippen LogP contribution in [-0.4, -0.2) is 11.6 Å². The molecule has 2 heteroatoms. The van der Waals surface area contributed by atoms with Crippen molar-refractivity contribution >= 4 is 11.6 Å². The molecule has 17 heavy (non-hydrogen) atoms. The lowest BCUT2D eigenvalue weighted by Crippen LogP contribution is -2.25. The van der Waals surface area contributed by atoms with Crippen LogP contribution in [0.2, 0.25) is 0 Å². The Morgan fingerprint density at radius 3 is 1.76 bits per heavy atom. The molecule has 0 aromatic heterocycles. The third-order valence-corrected chi connectivity index (χ3v) is 4.44. The molecule has 0 heterocycles.